The summed E-state index contributed by atoms with van der Waals surface area (Å²) in [6.07, 6.45) is 5.06. The van der Waals surface area contributed by atoms with E-state index in [2.05, 4.69) is 72.2 Å². The molecular weight excluding hydrogens is 344 g/mol. The van der Waals surface area contributed by atoms with Gasteiger partial charge < -0.3 is 14.5 Å². The molecular formula is C25H34N2O. The van der Waals surface area contributed by atoms with Crippen molar-refractivity contribution in [1.82, 2.24) is 4.90 Å². The van der Waals surface area contributed by atoms with E-state index in [1.165, 1.54) is 42.5 Å². The molecule has 28 heavy (non-hydrogen) atoms. The number of anilines is 1. The van der Waals surface area contributed by atoms with E-state index >= 15 is 0 Å². The maximum absolute atomic E-state index is 5.48. The molecule has 0 spiro atoms. The van der Waals surface area contributed by atoms with E-state index in [9.17, 15) is 0 Å². The number of methoxy groups -OCH3 is 1. The molecule has 150 valence electrons. The van der Waals surface area contributed by atoms with Gasteiger partial charge in [0, 0.05) is 30.9 Å². The third-order valence-electron chi connectivity index (χ3n) is 6.79. The minimum Gasteiger partial charge on any atom is -0.497 e. The summed E-state index contributed by atoms with van der Waals surface area (Å²) in [5.74, 6) is 1.63. The standard InChI is InChI=1S/C25H34N2O/c1-4-26(17-21-12-11-20-13-15-24(28-3)16-25(20)21)18-23-14-10-19(2)27(23)22-8-6-5-7-9-22/h5-9,13,15-16,19,21,23H,4,10-12,14,17-18H2,1-3H3. The van der Waals surface area contributed by atoms with Crippen molar-refractivity contribution in [1.29, 1.82) is 0 Å². The number of rotatable bonds is 7. The highest BCUT2D eigenvalue weighted by Gasteiger charge is 2.33. The molecule has 3 heteroatoms. The monoisotopic (exact) mass is 378 g/mol. The van der Waals surface area contributed by atoms with Gasteiger partial charge in [0.25, 0.3) is 0 Å². The third kappa shape index (κ3) is 3.91. The second kappa shape index (κ2) is 8.57. The lowest BCUT2D eigenvalue weighted by Crippen LogP contribution is -2.43. The van der Waals surface area contributed by atoms with Crippen LogP contribution in [0, 0.1) is 0 Å². The summed E-state index contributed by atoms with van der Waals surface area (Å²) >= 11 is 0. The van der Waals surface area contributed by atoms with Gasteiger partial charge in [0.1, 0.15) is 5.75 Å². The lowest BCUT2D eigenvalue weighted by molar-refractivity contribution is 0.251. The lowest BCUT2D eigenvalue weighted by Gasteiger charge is -2.35. The van der Waals surface area contributed by atoms with Gasteiger partial charge in [-0.25, -0.2) is 0 Å². The summed E-state index contributed by atoms with van der Waals surface area (Å²) in [5, 5.41) is 0. The quantitative estimate of drug-likeness (QED) is 0.666. The van der Waals surface area contributed by atoms with Crippen LogP contribution in [0.3, 0.4) is 0 Å². The highest BCUT2D eigenvalue weighted by Crippen LogP contribution is 2.37. The molecule has 2 aromatic carbocycles. The normalized spacial score (nSPS) is 24.0. The Morgan fingerprint density at radius 2 is 1.86 bits per heavy atom. The fraction of sp³-hybridized carbons (Fsp3) is 0.520. The zero-order valence-electron chi connectivity index (χ0n) is 17.6. The molecule has 4 rings (SSSR count). The molecule has 0 saturated carbocycles. The molecule has 1 aliphatic carbocycles. The van der Waals surface area contributed by atoms with Gasteiger partial charge in [0.15, 0.2) is 0 Å². The number of nitrogens with zero attached hydrogens (tertiary/aromatic N) is 2. The van der Waals surface area contributed by atoms with E-state index in [1.54, 1.807) is 7.11 Å². The van der Waals surface area contributed by atoms with Crippen molar-refractivity contribution in [2.45, 2.75) is 57.5 Å². The number of ether oxygens (including phenoxy) is 1. The minimum atomic E-state index is 0.614. The first-order valence-corrected chi connectivity index (χ1v) is 10.9. The predicted molar refractivity (Wildman–Crippen MR) is 118 cm³/mol. The van der Waals surface area contributed by atoms with Crippen LogP contribution < -0.4 is 9.64 Å². The van der Waals surface area contributed by atoms with Crippen LogP contribution in [-0.2, 0) is 6.42 Å². The van der Waals surface area contributed by atoms with Crippen LogP contribution in [0.25, 0.3) is 0 Å². The Morgan fingerprint density at radius 1 is 1.04 bits per heavy atom. The molecule has 0 radical (unpaired) electrons. The lowest BCUT2D eigenvalue weighted by atomic mass is 10.00. The second-order valence-corrected chi connectivity index (χ2v) is 8.48. The fourth-order valence-electron chi connectivity index (χ4n) is 5.24. The van der Waals surface area contributed by atoms with Crippen molar-refractivity contribution in [3.05, 3.63) is 59.7 Å². The van der Waals surface area contributed by atoms with E-state index in [-0.39, 0.29) is 0 Å². The van der Waals surface area contributed by atoms with E-state index in [1.807, 2.05) is 0 Å². The number of hydrogen-bond acceptors (Lipinski definition) is 3. The third-order valence-corrected chi connectivity index (χ3v) is 6.79. The first-order valence-electron chi connectivity index (χ1n) is 10.9. The number of benzene rings is 2. The van der Waals surface area contributed by atoms with Crippen LogP contribution in [0.5, 0.6) is 5.75 Å². The van der Waals surface area contributed by atoms with Crippen molar-refractivity contribution in [2.24, 2.45) is 0 Å². The van der Waals surface area contributed by atoms with Gasteiger partial charge in [-0.1, -0.05) is 31.2 Å². The first-order chi connectivity index (χ1) is 13.7. The predicted octanol–water partition coefficient (Wildman–Crippen LogP) is 5.10. The number of fused-ring (bicyclic) bond motifs is 1. The van der Waals surface area contributed by atoms with Crippen LogP contribution >= 0.6 is 0 Å². The Hall–Kier alpha value is -2.00. The van der Waals surface area contributed by atoms with Crippen LogP contribution in [0.1, 0.15) is 50.2 Å². The van der Waals surface area contributed by atoms with E-state index in [4.69, 9.17) is 4.74 Å². The Morgan fingerprint density at radius 3 is 2.61 bits per heavy atom. The molecule has 1 saturated heterocycles. The van der Waals surface area contributed by atoms with Crippen molar-refractivity contribution >= 4 is 5.69 Å². The topological polar surface area (TPSA) is 15.7 Å². The van der Waals surface area contributed by atoms with Gasteiger partial charge >= 0.3 is 0 Å². The summed E-state index contributed by atoms with van der Waals surface area (Å²) in [6.45, 7) is 8.12. The first kappa shape index (κ1) is 19.3. The summed E-state index contributed by atoms with van der Waals surface area (Å²) in [7, 11) is 1.77. The molecule has 1 heterocycles. The molecule has 0 aromatic heterocycles. The Bertz CT molecular complexity index is 775. The largest absolute Gasteiger partial charge is 0.497 e. The van der Waals surface area contributed by atoms with E-state index in [0.717, 1.165) is 25.4 Å². The fourth-order valence-corrected chi connectivity index (χ4v) is 5.24. The van der Waals surface area contributed by atoms with Crippen LogP contribution in [0.4, 0.5) is 5.69 Å². The van der Waals surface area contributed by atoms with Crippen molar-refractivity contribution in [3.8, 4) is 5.75 Å². The van der Waals surface area contributed by atoms with Gasteiger partial charge in [-0.2, -0.15) is 0 Å². The second-order valence-electron chi connectivity index (χ2n) is 8.48. The van der Waals surface area contributed by atoms with Crippen molar-refractivity contribution in [2.75, 3.05) is 31.6 Å². The number of para-hydroxylation sites is 1. The molecule has 0 bridgehead atoms. The van der Waals surface area contributed by atoms with Gasteiger partial charge in [-0.05, 0) is 80.5 Å². The molecule has 0 amide bonds. The molecule has 1 fully saturated rings. The Balaban J connectivity index is 1.46. The molecule has 3 nitrogen and oxygen atoms in total. The zero-order valence-corrected chi connectivity index (χ0v) is 17.6. The smallest absolute Gasteiger partial charge is 0.119 e. The molecule has 3 unspecified atom stereocenters. The SMILES string of the molecule is CCN(CC1CCc2ccc(OC)cc21)CC1CCC(C)N1c1ccccc1. The highest BCUT2D eigenvalue weighted by atomic mass is 16.5. The molecule has 1 aliphatic heterocycles. The van der Waals surface area contributed by atoms with Gasteiger partial charge in [-0.3, -0.25) is 0 Å². The van der Waals surface area contributed by atoms with Crippen molar-refractivity contribution < 1.29 is 4.74 Å². The van der Waals surface area contributed by atoms with Gasteiger partial charge in [-0.15, -0.1) is 0 Å². The number of hydrogen-bond donors (Lipinski definition) is 0. The van der Waals surface area contributed by atoms with E-state index < -0.39 is 0 Å². The molecule has 2 aliphatic rings. The van der Waals surface area contributed by atoms with Crippen molar-refractivity contribution in [3.63, 3.8) is 0 Å². The zero-order chi connectivity index (χ0) is 19.5. The average Bonchev–Trinajstić information content (AvgIpc) is 3.30. The highest BCUT2D eigenvalue weighted by molar-refractivity contribution is 5.49. The van der Waals surface area contributed by atoms with E-state index in [0.29, 0.717) is 18.0 Å². The summed E-state index contributed by atoms with van der Waals surface area (Å²) in [6, 6.07) is 18.9. The van der Waals surface area contributed by atoms with Crippen LogP contribution in [-0.4, -0.2) is 43.7 Å². The van der Waals surface area contributed by atoms with Crippen LogP contribution in [0.15, 0.2) is 48.5 Å². The summed E-state index contributed by atoms with van der Waals surface area (Å²) in [5.41, 5.74) is 4.41. The molecule has 2 aromatic rings. The summed E-state index contributed by atoms with van der Waals surface area (Å²) in [4.78, 5) is 5.34. The Labute approximate surface area is 170 Å². The summed E-state index contributed by atoms with van der Waals surface area (Å²) < 4.78 is 5.48. The van der Waals surface area contributed by atoms with Gasteiger partial charge in [0.2, 0.25) is 0 Å². The minimum absolute atomic E-state index is 0.614. The van der Waals surface area contributed by atoms with Gasteiger partial charge in [0.05, 0.1) is 7.11 Å². The number of likely N-dealkylation sites (N-methyl/N-ethyl adjacent to an activating group) is 1. The Kier molecular flexibility index (Phi) is 5.91. The maximum atomic E-state index is 5.48. The molecule has 3 atom stereocenters. The number of aryl methyl sites for hydroxylation is 1. The molecule has 0 N–H and O–H groups in total. The van der Waals surface area contributed by atoms with Crippen LogP contribution in [0.2, 0.25) is 0 Å². The maximum Gasteiger partial charge on any atom is 0.119 e. The average molecular weight is 379 g/mol.